The third-order valence-electron chi connectivity index (χ3n) is 3.78. The topological polar surface area (TPSA) is 37.1 Å². The molecule has 0 atom stereocenters. The van der Waals surface area contributed by atoms with Crippen LogP contribution in [0.1, 0.15) is 23.6 Å². The number of aliphatic imine (C=N–C) groups is 3. The van der Waals surface area contributed by atoms with Crippen molar-refractivity contribution in [3.63, 3.8) is 0 Å². The largest absolute Gasteiger partial charge is 0.270 e. The van der Waals surface area contributed by atoms with E-state index in [0.29, 0.717) is 11.7 Å². The highest BCUT2D eigenvalue weighted by Crippen LogP contribution is 2.18. The average molecular weight is 341 g/mol. The molecule has 3 heteroatoms. The standard InChI is InChI=1S/C23H23N3/c1-5-7-12-18(6-2)20-15-11-16-21(17-20)23(25-4)26-22(24-3)19-13-9-8-10-14-19/h5-17H,1,4H2,2-3H3/b12-7-,18-6+,24-22?,26-23?. The van der Waals surface area contributed by atoms with Crippen molar-refractivity contribution < 1.29 is 0 Å². The van der Waals surface area contributed by atoms with Crippen LogP contribution in [0.15, 0.2) is 100 Å². The quantitative estimate of drug-likeness (QED) is 0.399. The van der Waals surface area contributed by atoms with Gasteiger partial charge in [-0.25, -0.2) is 9.98 Å². The maximum absolute atomic E-state index is 4.63. The lowest BCUT2D eigenvalue weighted by Gasteiger charge is -2.07. The summed E-state index contributed by atoms with van der Waals surface area (Å²) in [4.78, 5) is 13.0. The number of hydrogen-bond acceptors (Lipinski definition) is 1. The van der Waals surface area contributed by atoms with Gasteiger partial charge in [-0.1, -0.05) is 79.4 Å². The van der Waals surface area contributed by atoms with Crippen molar-refractivity contribution in [2.45, 2.75) is 6.92 Å². The summed E-state index contributed by atoms with van der Waals surface area (Å²) in [5.74, 6) is 1.16. The molecule has 0 bridgehead atoms. The van der Waals surface area contributed by atoms with Crippen molar-refractivity contribution in [3.05, 3.63) is 102 Å². The van der Waals surface area contributed by atoms with Gasteiger partial charge in [-0.2, -0.15) is 0 Å². The maximum Gasteiger partial charge on any atom is 0.161 e. The summed E-state index contributed by atoms with van der Waals surface area (Å²) in [5.41, 5.74) is 4.01. The Kier molecular flexibility index (Phi) is 7.19. The molecule has 130 valence electrons. The Morgan fingerprint density at radius 1 is 0.923 bits per heavy atom. The molecule has 0 radical (unpaired) electrons. The number of benzene rings is 2. The molecular weight excluding hydrogens is 318 g/mol. The fraction of sp³-hybridized carbons (Fsp3) is 0.0870. The van der Waals surface area contributed by atoms with E-state index in [1.165, 1.54) is 0 Å². The smallest absolute Gasteiger partial charge is 0.161 e. The highest BCUT2D eigenvalue weighted by atomic mass is 15.0. The first kappa shape index (κ1) is 19.0. The molecule has 0 aromatic heterocycles. The molecule has 26 heavy (non-hydrogen) atoms. The summed E-state index contributed by atoms with van der Waals surface area (Å²) < 4.78 is 0. The van der Waals surface area contributed by atoms with Gasteiger partial charge in [0, 0.05) is 18.2 Å². The molecule has 0 fully saturated rings. The third-order valence-corrected chi connectivity index (χ3v) is 3.78. The fourth-order valence-electron chi connectivity index (χ4n) is 2.49. The van der Waals surface area contributed by atoms with Crippen molar-refractivity contribution in [1.82, 2.24) is 0 Å². The summed E-state index contributed by atoms with van der Waals surface area (Å²) in [5, 5.41) is 0. The Hall–Kier alpha value is -3.33. The summed E-state index contributed by atoms with van der Waals surface area (Å²) >= 11 is 0. The molecule has 0 heterocycles. The second-order valence-corrected chi connectivity index (χ2v) is 5.43. The number of rotatable bonds is 5. The second kappa shape index (κ2) is 9.84. The van der Waals surface area contributed by atoms with Gasteiger partial charge >= 0.3 is 0 Å². The second-order valence-electron chi connectivity index (χ2n) is 5.43. The Balaban J connectivity index is 2.44. The molecule has 0 aliphatic carbocycles. The van der Waals surface area contributed by atoms with Crippen LogP contribution in [0.2, 0.25) is 0 Å². The predicted molar refractivity (Wildman–Crippen MR) is 114 cm³/mol. The Morgan fingerprint density at radius 2 is 1.62 bits per heavy atom. The summed E-state index contributed by atoms with van der Waals surface area (Å²) in [7, 11) is 1.72. The molecule has 2 aromatic carbocycles. The molecule has 0 N–H and O–H groups in total. The zero-order chi connectivity index (χ0) is 18.8. The van der Waals surface area contributed by atoms with Crippen LogP contribution in [-0.2, 0) is 0 Å². The number of allylic oxidation sites excluding steroid dienone is 5. The lowest BCUT2D eigenvalue weighted by molar-refractivity contribution is 1.37. The molecule has 0 amide bonds. The SMILES string of the molecule is C=C/C=C\C(=C/C)c1cccc(C(N=C)=NC(=NC)c2ccccc2)c1. The molecule has 2 aromatic rings. The van der Waals surface area contributed by atoms with Gasteiger partial charge in [0.1, 0.15) is 0 Å². The van der Waals surface area contributed by atoms with Gasteiger partial charge in [0.2, 0.25) is 0 Å². The first-order valence-corrected chi connectivity index (χ1v) is 8.37. The maximum atomic E-state index is 4.63. The molecule has 0 saturated carbocycles. The van der Waals surface area contributed by atoms with Gasteiger partial charge in [0.25, 0.3) is 0 Å². The van der Waals surface area contributed by atoms with Crippen LogP contribution in [-0.4, -0.2) is 25.4 Å². The Bertz CT molecular complexity index is 885. The lowest BCUT2D eigenvalue weighted by Crippen LogP contribution is -2.05. The van der Waals surface area contributed by atoms with Gasteiger partial charge in [-0.05, 0) is 30.8 Å². The Morgan fingerprint density at radius 3 is 2.23 bits per heavy atom. The van der Waals surface area contributed by atoms with Crippen LogP contribution in [0.4, 0.5) is 0 Å². The van der Waals surface area contributed by atoms with E-state index in [1.54, 1.807) is 13.1 Å². The van der Waals surface area contributed by atoms with Crippen molar-refractivity contribution in [2.24, 2.45) is 15.0 Å². The minimum Gasteiger partial charge on any atom is -0.270 e. The van der Waals surface area contributed by atoms with E-state index >= 15 is 0 Å². The fourth-order valence-corrected chi connectivity index (χ4v) is 2.49. The van der Waals surface area contributed by atoms with Gasteiger partial charge < -0.3 is 0 Å². The number of nitrogens with zero attached hydrogens (tertiary/aromatic N) is 3. The highest BCUT2D eigenvalue weighted by Gasteiger charge is 2.07. The summed E-state index contributed by atoms with van der Waals surface area (Å²) in [6.07, 6.45) is 7.75. The molecule has 0 saturated heterocycles. The monoisotopic (exact) mass is 341 g/mol. The van der Waals surface area contributed by atoms with E-state index in [-0.39, 0.29) is 0 Å². The van der Waals surface area contributed by atoms with Crippen molar-refractivity contribution >= 4 is 24.0 Å². The molecule has 0 aliphatic heterocycles. The summed E-state index contributed by atoms with van der Waals surface area (Å²) in [6, 6.07) is 17.9. The van der Waals surface area contributed by atoms with Gasteiger partial charge in [0.15, 0.2) is 11.7 Å². The minimum atomic E-state index is 0.541. The zero-order valence-corrected chi connectivity index (χ0v) is 15.3. The minimum absolute atomic E-state index is 0.541. The number of amidine groups is 2. The van der Waals surface area contributed by atoms with E-state index in [2.05, 4.69) is 46.5 Å². The molecule has 3 nitrogen and oxygen atoms in total. The third kappa shape index (κ3) is 4.84. The molecule has 0 unspecified atom stereocenters. The number of hydrogen-bond donors (Lipinski definition) is 0. The molecular formula is C23H23N3. The Labute approximate surface area is 155 Å². The van der Waals surface area contributed by atoms with Crippen LogP contribution < -0.4 is 0 Å². The van der Waals surface area contributed by atoms with Crippen molar-refractivity contribution in [2.75, 3.05) is 7.05 Å². The van der Waals surface area contributed by atoms with Crippen molar-refractivity contribution in [1.29, 1.82) is 0 Å². The van der Waals surface area contributed by atoms with Crippen molar-refractivity contribution in [3.8, 4) is 0 Å². The predicted octanol–water partition coefficient (Wildman–Crippen LogP) is 5.36. The normalized spacial score (nSPS) is 13.1. The van der Waals surface area contributed by atoms with E-state index in [4.69, 9.17) is 0 Å². The van der Waals surface area contributed by atoms with Crippen LogP contribution in [0.3, 0.4) is 0 Å². The van der Waals surface area contributed by atoms with Crippen LogP contribution in [0.25, 0.3) is 5.57 Å². The molecule has 0 spiro atoms. The van der Waals surface area contributed by atoms with Crippen LogP contribution in [0, 0.1) is 0 Å². The van der Waals surface area contributed by atoms with Crippen LogP contribution in [0.5, 0.6) is 0 Å². The first-order valence-electron chi connectivity index (χ1n) is 8.37. The van der Waals surface area contributed by atoms with E-state index < -0.39 is 0 Å². The molecule has 2 rings (SSSR count). The van der Waals surface area contributed by atoms with E-state index in [9.17, 15) is 0 Å². The van der Waals surface area contributed by atoms with Crippen LogP contribution >= 0.6 is 0 Å². The zero-order valence-electron chi connectivity index (χ0n) is 15.3. The average Bonchev–Trinajstić information content (AvgIpc) is 2.70. The molecule has 0 aliphatic rings. The summed E-state index contributed by atoms with van der Waals surface area (Å²) in [6.45, 7) is 9.41. The lowest BCUT2D eigenvalue weighted by atomic mass is 10.0. The first-order chi connectivity index (χ1) is 12.7. The van der Waals surface area contributed by atoms with E-state index in [1.807, 2.05) is 61.5 Å². The van der Waals surface area contributed by atoms with Gasteiger partial charge in [-0.15, -0.1) is 0 Å². The van der Waals surface area contributed by atoms with Gasteiger partial charge in [-0.3, -0.25) is 4.99 Å². The van der Waals surface area contributed by atoms with E-state index in [0.717, 1.165) is 22.3 Å². The van der Waals surface area contributed by atoms with Gasteiger partial charge in [0.05, 0.1) is 0 Å². The highest BCUT2D eigenvalue weighted by molar-refractivity contribution is 6.12.